The summed E-state index contributed by atoms with van der Waals surface area (Å²) in [5, 5.41) is 2.37. The Balaban J connectivity index is 1.23. The van der Waals surface area contributed by atoms with Crippen LogP contribution in [0.4, 0.5) is 0 Å². The van der Waals surface area contributed by atoms with Crippen LogP contribution in [0.15, 0.2) is 42.5 Å². The molecule has 6 heterocycles. The fourth-order valence-electron chi connectivity index (χ4n) is 12.8. The first-order valence-electron chi connectivity index (χ1n) is 20.0. The van der Waals surface area contributed by atoms with Crippen LogP contribution in [0.2, 0.25) is 0 Å². The van der Waals surface area contributed by atoms with E-state index in [1.54, 1.807) is 6.92 Å². The first-order chi connectivity index (χ1) is 25.6. The number of rotatable bonds is 6. The van der Waals surface area contributed by atoms with Crippen molar-refractivity contribution in [1.29, 1.82) is 0 Å². The molecule has 9 heteroatoms. The number of hydrogen-bond acceptors (Lipinski definition) is 7. The molecule has 4 aromatic rings. The molecule has 2 aromatic carbocycles. The number of likely N-dealkylation sites (N-methyl/N-ethyl adjacent to an activating group) is 1. The van der Waals surface area contributed by atoms with Gasteiger partial charge in [-0.25, -0.2) is 0 Å². The van der Waals surface area contributed by atoms with Crippen LogP contribution in [0, 0.1) is 29.6 Å². The number of piperidine rings is 3. The zero-order chi connectivity index (χ0) is 36.9. The van der Waals surface area contributed by atoms with E-state index in [9.17, 15) is 14.4 Å². The third kappa shape index (κ3) is 4.91. The molecule has 4 aliphatic heterocycles. The summed E-state index contributed by atoms with van der Waals surface area (Å²) < 4.78 is 11.3. The number of nitrogens with one attached hydrogen (secondary N) is 2. The maximum absolute atomic E-state index is 14.3. The molecule has 2 aromatic heterocycles. The van der Waals surface area contributed by atoms with Gasteiger partial charge in [-0.3, -0.25) is 19.3 Å². The van der Waals surface area contributed by atoms with Crippen LogP contribution in [-0.2, 0) is 42.1 Å². The van der Waals surface area contributed by atoms with E-state index in [-0.39, 0.29) is 59.5 Å². The Bertz CT molecular complexity index is 2120. The smallest absolute Gasteiger partial charge is 0.319 e. The van der Waals surface area contributed by atoms with Gasteiger partial charge in [0.05, 0.1) is 26.2 Å². The second-order valence-electron chi connectivity index (χ2n) is 17.0. The third-order valence-corrected chi connectivity index (χ3v) is 14.9. The van der Waals surface area contributed by atoms with E-state index in [2.05, 4.69) is 83.1 Å². The van der Waals surface area contributed by atoms with Gasteiger partial charge in [0, 0.05) is 64.3 Å². The largest absolute Gasteiger partial charge is 0.469 e. The van der Waals surface area contributed by atoms with Gasteiger partial charge < -0.3 is 24.3 Å². The quantitative estimate of drug-likeness (QED) is 0.219. The lowest BCUT2D eigenvalue weighted by Gasteiger charge is -2.60. The van der Waals surface area contributed by atoms with Crippen LogP contribution in [0.1, 0.15) is 86.9 Å². The molecule has 6 bridgehead atoms. The summed E-state index contributed by atoms with van der Waals surface area (Å²) in [6.45, 7) is 7.90. The van der Waals surface area contributed by atoms with E-state index >= 15 is 0 Å². The molecule has 2 unspecified atom stereocenters. The van der Waals surface area contributed by atoms with Crippen LogP contribution in [0.3, 0.4) is 0 Å². The van der Waals surface area contributed by atoms with Crippen molar-refractivity contribution >= 4 is 39.5 Å². The Morgan fingerprint density at radius 1 is 0.925 bits per heavy atom. The predicted molar refractivity (Wildman–Crippen MR) is 205 cm³/mol. The lowest BCUT2D eigenvalue weighted by atomic mass is 9.54. The van der Waals surface area contributed by atoms with Gasteiger partial charge in [0.1, 0.15) is 11.2 Å². The van der Waals surface area contributed by atoms with E-state index in [0.29, 0.717) is 18.3 Å². The Morgan fingerprint density at radius 3 is 2.43 bits per heavy atom. The first kappa shape index (κ1) is 34.8. The van der Waals surface area contributed by atoms with Crippen molar-refractivity contribution in [1.82, 2.24) is 19.8 Å². The molecule has 4 fully saturated rings. The standard InChI is InChI=1S/C44H54N4O5/c1-7-24-17-27-21-44(43(51)53-6)40-29(15-16-48(41(24)44)39(27)23(3)49)32-18-26(13-14-35(32)46-40)31-19-30-25(8-2)22-47(4)36(37(30)42(50)52-5)20-33-28-11-9-10-12-34(28)45-38(31)33/h9-14,18,24-25,27,30-31,36-37,39,41,45-46H,7-8,15-17,19-22H2,1-6H3/t24-,25+,27?,30-,31-,36-,37-,39+,41-,44+/m0/s1. The van der Waals surface area contributed by atoms with Gasteiger partial charge in [-0.15, -0.1) is 0 Å². The highest BCUT2D eigenvalue weighted by atomic mass is 16.5. The lowest BCUT2D eigenvalue weighted by Crippen LogP contribution is -2.71. The number of para-hydroxylation sites is 1. The van der Waals surface area contributed by atoms with E-state index in [0.717, 1.165) is 73.7 Å². The molecule has 0 amide bonds. The molecular formula is C44H54N4O5. The number of carbonyl (C=O) groups is 3. The van der Waals surface area contributed by atoms with Crippen molar-refractivity contribution in [2.24, 2.45) is 29.6 Å². The number of methoxy groups -OCH3 is 2. The maximum atomic E-state index is 14.3. The zero-order valence-corrected chi connectivity index (χ0v) is 32.0. The van der Waals surface area contributed by atoms with Crippen molar-refractivity contribution in [2.45, 2.75) is 95.2 Å². The molecule has 10 rings (SSSR count). The summed E-state index contributed by atoms with van der Waals surface area (Å²) in [6.07, 6.45) is 5.91. The SMILES string of the molecule is CC[C@@H]1CN(C)[C@H]2Cc3c([nH]c4ccccc34)[C@H](c3ccc4[nH]c5c(c4c3)CCN3[C@H](C(C)=O)C4C[C@H](CC)[C@H]3[C@@]5(C(=O)OC)C4)C[C@@H]1[C@@H]2C(=O)OC. The van der Waals surface area contributed by atoms with Crippen LogP contribution in [0.25, 0.3) is 21.8 Å². The van der Waals surface area contributed by atoms with Gasteiger partial charge in [0.2, 0.25) is 0 Å². The number of likely N-dealkylation sites (tertiary alicyclic amines) is 1. The predicted octanol–water partition coefficient (Wildman–Crippen LogP) is 6.52. The maximum Gasteiger partial charge on any atom is 0.319 e. The minimum Gasteiger partial charge on any atom is -0.469 e. The van der Waals surface area contributed by atoms with Crippen molar-refractivity contribution in [3.63, 3.8) is 0 Å². The molecule has 9 nitrogen and oxygen atoms in total. The summed E-state index contributed by atoms with van der Waals surface area (Å²) in [7, 11) is 5.24. The fourth-order valence-corrected chi connectivity index (χ4v) is 12.8. The number of nitrogens with zero attached hydrogens (tertiary/aromatic N) is 2. The molecule has 280 valence electrons. The van der Waals surface area contributed by atoms with E-state index in [1.807, 2.05) is 0 Å². The van der Waals surface area contributed by atoms with Gasteiger partial charge in [0.15, 0.2) is 0 Å². The minimum absolute atomic E-state index is 0.0359. The molecule has 3 saturated heterocycles. The van der Waals surface area contributed by atoms with Crippen molar-refractivity contribution in [3.05, 3.63) is 70.5 Å². The van der Waals surface area contributed by atoms with Crippen molar-refractivity contribution in [3.8, 4) is 0 Å². The monoisotopic (exact) mass is 718 g/mol. The van der Waals surface area contributed by atoms with Gasteiger partial charge in [0.25, 0.3) is 0 Å². The minimum atomic E-state index is -0.856. The highest BCUT2D eigenvalue weighted by Gasteiger charge is 2.66. The highest BCUT2D eigenvalue weighted by molar-refractivity contribution is 5.93. The summed E-state index contributed by atoms with van der Waals surface area (Å²) in [6, 6.07) is 15.2. The molecule has 0 radical (unpaired) electrons. The van der Waals surface area contributed by atoms with Gasteiger partial charge in [-0.1, -0.05) is 51.0 Å². The van der Waals surface area contributed by atoms with Crippen LogP contribution in [-0.4, -0.2) is 90.0 Å². The summed E-state index contributed by atoms with van der Waals surface area (Å²) in [5.74, 6) is 0.677. The fraction of sp³-hybridized carbons (Fsp3) is 0.568. The van der Waals surface area contributed by atoms with Crippen LogP contribution < -0.4 is 0 Å². The highest BCUT2D eigenvalue weighted by Crippen LogP contribution is 2.58. The van der Waals surface area contributed by atoms with Gasteiger partial charge in [-0.2, -0.15) is 0 Å². The second-order valence-corrected chi connectivity index (χ2v) is 17.0. The van der Waals surface area contributed by atoms with Crippen molar-refractivity contribution < 1.29 is 23.9 Å². The van der Waals surface area contributed by atoms with E-state index in [1.165, 1.54) is 42.0 Å². The topological polar surface area (TPSA) is 108 Å². The average molecular weight is 719 g/mol. The Labute approximate surface area is 312 Å². The average Bonchev–Trinajstić information content (AvgIpc) is 3.69. The number of esters is 2. The van der Waals surface area contributed by atoms with Gasteiger partial charge in [-0.05, 0) is 105 Å². The molecule has 53 heavy (non-hydrogen) atoms. The molecule has 2 aliphatic carbocycles. The normalized spacial score (nSPS) is 34.8. The summed E-state index contributed by atoms with van der Waals surface area (Å²) >= 11 is 0. The molecule has 6 aliphatic rings. The molecule has 2 N–H and O–H groups in total. The van der Waals surface area contributed by atoms with Crippen LogP contribution in [0.5, 0.6) is 0 Å². The van der Waals surface area contributed by atoms with Crippen molar-refractivity contribution in [2.75, 3.05) is 34.4 Å². The van der Waals surface area contributed by atoms with E-state index in [4.69, 9.17) is 9.47 Å². The number of fused-ring (bicyclic) bond motifs is 9. The number of benzene rings is 2. The number of H-pyrrole nitrogens is 2. The van der Waals surface area contributed by atoms with Gasteiger partial charge >= 0.3 is 11.9 Å². The zero-order valence-electron chi connectivity index (χ0n) is 32.0. The Morgan fingerprint density at radius 2 is 1.70 bits per heavy atom. The number of carbonyl (C=O) groups excluding carboxylic acids is 3. The second kappa shape index (κ2) is 12.8. The van der Waals surface area contributed by atoms with Crippen LogP contribution >= 0.6 is 0 Å². The first-order valence-corrected chi connectivity index (χ1v) is 20.0. The molecule has 1 saturated carbocycles. The summed E-state index contributed by atoms with van der Waals surface area (Å²) in [5.41, 5.74) is 7.24. The molecule has 0 spiro atoms. The van der Waals surface area contributed by atoms with E-state index < -0.39 is 5.41 Å². The number of aromatic nitrogens is 2. The number of ketones is 1. The Kier molecular flexibility index (Phi) is 8.42. The number of ether oxygens (including phenoxy) is 2. The Hall–Kier alpha value is -3.95. The number of Topliss-reactive ketones (excluding diaryl/α,β-unsaturated/α-hetero) is 1. The number of hydrogen-bond donors (Lipinski definition) is 2. The summed E-state index contributed by atoms with van der Waals surface area (Å²) in [4.78, 5) is 53.9. The molecular weight excluding hydrogens is 665 g/mol. The lowest BCUT2D eigenvalue weighted by molar-refractivity contribution is -0.171. The number of aromatic amines is 2. The molecule has 11 atom stereocenters. The third-order valence-electron chi connectivity index (χ3n) is 14.9.